The third kappa shape index (κ3) is 29.8. The number of hydrogen-bond donors (Lipinski definition) is 7. The Morgan fingerprint density at radius 1 is 0.578 bits per heavy atom. The summed E-state index contributed by atoms with van der Waals surface area (Å²) in [4.78, 5) is 35.7. The lowest BCUT2D eigenvalue weighted by Gasteiger charge is -2.41. The van der Waals surface area contributed by atoms with Gasteiger partial charge in [-0.2, -0.15) is 0 Å². The quantitative estimate of drug-likeness (QED) is 0.0106. The number of rotatable bonds is 35. The van der Waals surface area contributed by atoms with Crippen LogP contribution >= 0.6 is 7.82 Å². The van der Waals surface area contributed by atoms with Crippen molar-refractivity contribution in [1.82, 2.24) is 0 Å². The van der Waals surface area contributed by atoms with Crippen molar-refractivity contribution in [3.63, 3.8) is 0 Å². The highest BCUT2D eigenvalue weighted by Crippen LogP contribution is 2.47. The first-order valence-electron chi connectivity index (χ1n) is 22.8. The highest BCUT2D eigenvalue weighted by Gasteiger charge is 2.51. The van der Waals surface area contributed by atoms with Crippen molar-refractivity contribution in [2.24, 2.45) is 0 Å². The minimum atomic E-state index is -5.17. The van der Waals surface area contributed by atoms with E-state index < -0.39 is 81.8 Å². The molecule has 1 saturated carbocycles. The van der Waals surface area contributed by atoms with Gasteiger partial charge in [-0.05, 0) is 83.5 Å². The predicted molar refractivity (Wildman–Crippen MR) is 250 cm³/mol. The fourth-order valence-corrected chi connectivity index (χ4v) is 6.96. The zero-order chi connectivity index (χ0) is 47.3. The minimum Gasteiger partial charge on any atom is -0.462 e. The molecule has 0 aliphatic heterocycles. The van der Waals surface area contributed by atoms with E-state index in [-0.39, 0.29) is 12.8 Å². The van der Waals surface area contributed by atoms with E-state index in [1.807, 2.05) is 48.6 Å². The number of ether oxygens (including phenoxy) is 2. The number of hydrogen-bond acceptors (Lipinski definition) is 13. The fraction of sp³-hybridized carbons (Fsp3) is 0.592. The smallest absolute Gasteiger partial charge is 0.462 e. The van der Waals surface area contributed by atoms with Crippen LogP contribution in [0, 0.1) is 0 Å². The molecular weight excluding hydrogens is 843 g/mol. The lowest BCUT2D eigenvalue weighted by molar-refractivity contribution is -0.220. The Balaban J connectivity index is 2.60. The molecule has 0 aromatic heterocycles. The first-order chi connectivity index (χ1) is 30.8. The zero-order valence-electron chi connectivity index (χ0n) is 37.9. The number of allylic oxidation sites excluding steroid dienone is 16. The van der Waals surface area contributed by atoms with Gasteiger partial charge in [-0.15, -0.1) is 0 Å². The second-order valence-electron chi connectivity index (χ2n) is 15.4. The number of unbranched alkanes of at least 4 members (excludes halogenated alkanes) is 5. The Kier molecular flexibility index (Phi) is 34.4. The van der Waals surface area contributed by atoms with E-state index in [4.69, 9.17) is 18.5 Å². The number of carbonyl (C=O) groups is 2. The summed E-state index contributed by atoms with van der Waals surface area (Å²) >= 11 is 0. The number of aliphatic hydroxyl groups is 6. The molecule has 14 nitrogen and oxygen atoms in total. The lowest BCUT2D eigenvalue weighted by atomic mass is 9.85. The van der Waals surface area contributed by atoms with Crippen LogP contribution in [0.5, 0.6) is 0 Å². The predicted octanol–water partition coefficient (Wildman–Crippen LogP) is 7.80. The van der Waals surface area contributed by atoms with E-state index in [2.05, 4.69) is 62.5 Å². The van der Waals surface area contributed by atoms with Gasteiger partial charge in [-0.25, -0.2) is 4.57 Å². The van der Waals surface area contributed by atoms with Gasteiger partial charge >= 0.3 is 19.8 Å². The topological polar surface area (TPSA) is 230 Å². The molecule has 64 heavy (non-hydrogen) atoms. The molecule has 4 unspecified atom stereocenters. The zero-order valence-corrected chi connectivity index (χ0v) is 38.8. The van der Waals surface area contributed by atoms with Gasteiger partial charge in [0.2, 0.25) is 0 Å². The van der Waals surface area contributed by atoms with Crippen LogP contribution in [0.1, 0.15) is 123 Å². The maximum atomic E-state index is 12.8. The van der Waals surface area contributed by atoms with Crippen LogP contribution in [0.2, 0.25) is 0 Å². The summed E-state index contributed by atoms with van der Waals surface area (Å²) in [6.45, 7) is 2.96. The molecule has 0 amide bonds. The standard InChI is InChI=1S/C49H77O14P/c1-3-5-7-9-11-12-13-14-15-16-17-18-19-20-24-28-32-36-42(51)60-38-41(39-61-64(58,59)63-49-47(56)45(54)44(53)46(55)48(49)57)62-43(52)37-33-29-25-22-21-23-27-31-35-40(50)34-30-26-10-8-6-4-2/h6,8,11-12,14-15,17-18,20,22-27,30-31,35,40-41,44-50,53-57H,3-5,7,9-10,13,16,19,21,28-29,32-34,36-39H2,1-2H3,(H,58,59)/b8-6-,12-11-,15-14-,18-17-,24-20-,25-22-,27-23-,30-26-,35-31+/t40?,41-,44?,45-,46+,47-,48-,49?/m1/s1. The number of phosphoric ester groups is 1. The van der Waals surface area contributed by atoms with Gasteiger partial charge in [0, 0.05) is 12.8 Å². The summed E-state index contributed by atoms with van der Waals surface area (Å²) in [6.07, 6.45) is 34.6. The van der Waals surface area contributed by atoms with Crippen molar-refractivity contribution in [2.45, 2.75) is 172 Å². The Morgan fingerprint density at radius 2 is 1.06 bits per heavy atom. The normalized spacial score (nSPS) is 23.1. The third-order valence-electron chi connectivity index (χ3n) is 9.68. The number of phosphoric acid groups is 1. The second-order valence-corrected chi connectivity index (χ2v) is 16.8. The largest absolute Gasteiger partial charge is 0.472 e. The van der Waals surface area contributed by atoms with E-state index in [1.54, 1.807) is 12.2 Å². The molecule has 15 heteroatoms. The van der Waals surface area contributed by atoms with Crippen molar-refractivity contribution in [3.8, 4) is 0 Å². The molecule has 0 aromatic carbocycles. The van der Waals surface area contributed by atoms with E-state index in [0.29, 0.717) is 38.5 Å². The average molecular weight is 921 g/mol. The SMILES string of the molecule is CC/C=C\C/C=C\CC(O)/C=C/C=C\C/C=C\CCCC(=O)O[C@H](COC(=O)CCC/C=C\C/C=C\C/C=C\C/C=C\CCCCC)COP(=O)(O)OC1[C@H](O)[C@H](O)C(O)[C@H](O)[C@H]1O. The Morgan fingerprint density at radius 3 is 1.62 bits per heavy atom. The Hall–Kier alpha value is -3.53. The van der Waals surface area contributed by atoms with Gasteiger partial charge in [0.25, 0.3) is 0 Å². The summed E-state index contributed by atoms with van der Waals surface area (Å²) in [5.41, 5.74) is 0. The van der Waals surface area contributed by atoms with Crippen LogP contribution < -0.4 is 0 Å². The van der Waals surface area contributed by atoms with Gasteiger partial charge in [-0.1, -0.05) is 136 Å². The molecule has 1 fully saturated rings. The van der Waals surface area contributed by atoms with E-state index >= 15 is 0 Å². The molecule has 0 heterocycles. The van der Waals surface area contributed by atoms with Gasteiger partial charge in [-0.3, -0.25) is 18.6 Å². The first-order valence-corrected chi connectivity index (χ1v) is 24.3. The summed E-state index contributed by atoms with van der Waals surface area (Å²) in [7, 11) is -5.17. The number of esters is 2. The molecule has 0 spiro atoms. The average Bonchev–Trinajstić information content (AvgIpc) is 3.27. The Bertz CT molecular complexity index is 1550. The number of aliphatic hydroxyl groups excluding tert-OH is 6. The maximum Gasteiger partial charge on any atom is 0.472 e. The highest BCUT2D eigenvalue weighted by molar-refractivity contribution is 7.47. The van der Waals surface area contributed by atoms with E-state index in [9.17, 15) is 49.7 Å². The first kappa shape index (κ1) is 58.5. The molecule has 1 aliphatic rings. The summed E-state index contributed by atoms with van der Waals surface area (Å²) < 4.78 is 33.3. The highest BCUT2D eigenvalue weighted by atomic mass is 31.2. The Labute approximate surface area is 381 Å². The molecule has 0 radical (unpaired) electrons. The maximum absolute atomic E-state index is 12.8. The molecule has 0 saturated heterocycles. The monoisotopic (exact) mass is 921 g/mol. The molecule has 0 bridgehead atoms. The van der Waals surface area contributed by atoms with Crippen molar-refractivity contribution >= 4 is 19.8 Å². The molecule has 0 aromatic rings. The van der Waals surface area contributed by atoms with Gasteiger partial charge < -0.3 is 45.0 Å². The fourth-order valence-electron chi connectivity index (χ4n) is 5.99. The van der Waals surface area contributed by atoms with Crippen LogP contribution in [-0.2, 0) is 32.7 Å². The third-order valence-corrected chi connectivity index (χ3v) is 10.7. The molecule has 1 aliphatic carbocycles. The molecule has 9 atom stereocenters. The van der Waals surface area contributed by atoms with Gasteiger partial charge in [0.1, 0.15) is 43.2 Å². The van der Waals surface area contributed by atoms with Crippen LogP contribution in [0.4, 0.5) is 0 Å². The van der Waals surface area contributed by atoms with Gasteiger partial charge in [0.15, 0.2) is 6.10 Å². The van der Waals surface area contributed by atoms with Crippen molar-refractivity contribution < 1.29 is 68.2 Å². The number of carbonyl (C=O) groups excluding carboxylic acids is 2. The van der Waals surface area contributed by atoms with Crippen LogP contribution in [0.25, 0.3) is 0 Å². The van der Waals surface area contributed by atoms with Crippen molar-refractivity contribution in [1.29, 1.82) is 0 Å². The van der Waals surface area contributed by atoms with Crippen LogP contribution in [-0.4, -0.2) is 110 Å². The van der Waals surface area contributed by atoms with Crippen LogP contribution in [0.3, 0.4) is 0 Å². The van der Waals surface area contributed by atoms with Crippen molar-refractivity contribution in [3.05, 3.63) is 109 Å². The minimum absolute atomic E-state index is 0.0322. The van der Waals surface area contributed by atoms with E-state index in [1.165, 1.54) is 19.3 Å². The molecule has 7 N–H and O–H groups in total. The van der Waals surface area contributed by atoms with Gasteiger partial charge in [0.05, 0.1) is 12.7 Å². The summed E-state index contributed by atoms with van der Waals surface area (Å²) in [5, 5.41) is 60.2. The lowest BCUT2D eigenvalue weighted by Crippen LogP contribution is -2.64. The molecule has 1 rings (SSSR count). The van der Waals surface area contributed by atoms with Crippen LogP contribution in [0.15, 0.2) is 109 Å². The molecule has 362 valence electrons. The van der Waals surface area contributed by atoms with E-state index in [0.717, 1.165) is 38.5 Å². The summed E-state index contributed by atoms with van der Waals surface area (Å²) in [6, 6.07) is 0. The van der Waals surface area contributed by atoms with Crippen molar-refractivity contribution in [2.75, 3.05) is 13.2 Å². The summed E-state index contributed by atoms with van der Waals surface area (Å²) in [5.74, 6) is -1.29. The second kappa shape index (κ2) is 37.7. The molecular formula is C49H77O14P.